The van der Waals surface area contributed by atoms with Crippen molar-refractivity contribution in [2.24, 2.45) is 0 Å². The summed E-state index contributed by atoms with van der Waals surface area (Å²) >= 11 is 3.09. The Balaban J connectivity index is 2.37. The highest BCUT2D eigenvalue weighted by atomic mass is 79.9. The minimum atomic E-state index is -0.431. The fourth-order valence-corrected chi connectivity index (χ4v) is 1.78. The van der Waals surface area contributed by atoms with E-state index in [2.05, 4.69) is 15.9 Å². The van der Waals surface area contributed by atoms with E-state index in [1.54, 1.807) is 19.2 Å². The van der Waals surface area contributed by atoms with E-state index < -0.39 is 5.82 Å². The predicted octanol–water partition coefficient (Wildman–Crippen LogP) is 3.97. The molecule has 0 aliphatic carbocycles. The Kier molecular flexibility index (Phi) is 3.72. The van der Waals surface area contributed by atoms with Crippen molar-refractivity contribution >= 4 is 21.6 Å². The normalized spacial score (nSPS) is 10.2. The van der Waals surface area contributed by atoms with Crippen LogP contribution in [0, 0.1) is 5.82 Å². The molecule has 2 aromatic rings. The maximum atomic E-state index is 13.2. The van der Waals surface area contributed by atoms with Crippen LogP contribution in [-0.2, 0) is 0 Å². The van der Waals surface area contributed by atoms with Gasteiger partial charge in [0.05, 0.1) is 17.3 Å². The predicted molar refractivity (Wildman–Crippen MR) is 71.6 cm³/mol. The molecule has 0 spiro atoms. The Bertz CT molecular complexity index is 575. The van der Waals surface area contributed by atoms with Crippen molar-refractivity contribution in [3.8, 4) is 17.2 Å². The van der Waals surface area contributed by atoms with Crippen LogP contribution in [0.3, 0.4) is 0 Å². The zero-order valence-electron chi connectivity index (χ0n) is 9.61. The van der Waals surface area contributed by atoms with E-state index >= 15 is 0 Å². The fraction of sp³-hybridized carbons (Fsp3) is 0.0769. The number of methoxy groups -OCH3 is 1. The summed E-state index contributed by atoms with van der Waals surface area (Å²) in [6, 6.07) is 9.84. The third kappa shape index (κ3) is 2.56. The van der Waals surface area contributed by atoms with E-state index in [4.69, 9.17) is 15.2 Å². The average molecular weight is 312 g/mol. The van der Waals surface area contributed by atoms with Crippen LogP contribution in [-0.4, -0.2) is 7.11 Å². The molecule has 0 bridgehead atoms. The molecule has 0 aliphatic heterocycles. The third-order valence-corrected chi connectivity index (χ3v) is 2.95. The van der Waals surface area contributed by atoms with Crippen molar-refractivity contribution < 1.29 is 13.9 Å². The molecule has 0 atom stereocenters. The van der Waals surface area contributed by atoms with Gasteiger partial charge in [-0.3, -0.25) is 0 Å². The van der Waals surface area contributed by atoms with Crippen molar-refractivity contribution in [2.45, 2.75) is 0 Å². The molecule has 0 fully saturated rings. The van der Waals surface area contributed by atoms with Crippen LogP contribution in [0.5, 0.6) is 17.2 Å². The van der Waals surface area contributed by atoms with Gasteiger partial charge in [0.2, 0.25) is 0 Å². The van der Waals surface area contributed by atoms with Gasteiger partial charge in [-0.15, -0.1) is 0 Å². The van der Waals surface area contributed by atoms with Gasteiger partial charge in [-0.05, 0) is 28.1 Å². The van der Waals surface area contributed by atoms with E-state index in [9.17, 15) is 4.39 Å². The van der Waals surface area contributed by atoms with Crippen molar-refractivity contribution in [2.75, 3.05) is 12.8 Å². The molecule has 2 N–H and O–H groups in total. The van der Waals surface area contributed by atoms with Crippen molar-refractivity contribution in [3.05, 3.63) is 46.7 Å². The van der Waals surface area contributed by atoms with Crippen molar-refractivity contribution in [1.29, 1.82) is 0 Å². The van der Waals surface area contributed by atoms with Gasteiger partial charge in [-0.2, -0.15) is 0 Å². The fourth-order valence-electron chi connectivity index (χ4n) is 1.45. The number of halogens is 2. The third-order valence-electron chi connectivity index (χ3n) is 2.34. The Morgan fingerprint density at radius 2 is 1.78 bits per heavy atom. The van der Waals surface area contributed by atoms with Crippen molar-refractivity contribution in [1.82, 2.24) is 0 Å². The minimum absolute atomic E-state index is 0.224. The van der Waals surface area contributed by atoms with Crippen LogP contribution in [0.15, 0.2) is 40.9 Å². The van der Waals surface area contributed by atoms with Gasteiger partial charge in [-0.1, -0.05) is 12.1 Å². The molecule has 18 heavy (non-hydrogen) atoms. The number of nitrogens with two attached hydrogens (primary N) is 1. The maximum Gasteiger partial charge on any atom is 0.169 e. The Hall–Kier alpha value is -1.75. The molecule has 0 heterocycles. The molecule has 0 aliphatic rings. The first kappa shape index (κ1) is 12.7. The highest BCUT2D eigenvalue weighted by Crippen LogP contribution is 2.36. The van der Waals surface area contributed by atoms with Crippen LogP contribution in [0.2, 0.25) is 0 Å². The minimum Gasteiger partial charge on any atom is -0.493 e. The lowest BCUT2D eigenvalue weighted by Crippen LogP contribution is -1.95. The lowest BCUT2D eigenvalue weighted by molar-refractivity contribution is 0.379. The van der Waals surface area contributed by atoms with Crippen LogP contribution in [0.1, 0.15) is 0 Å². The molecule has 2 aromatic carbocycles. The molecule has 0 saturated carbocycles. The van der Waals surface area contributed by atoms with E-state index in [-0.39, 0.29) is 5.69 Å². The summed E-state index contributed by atoms with van der Waals surface area (Å²) < 4.78 is 24.3. The number of benzene rings is 2. The van der Waals surface area contributed by atoms with Gasteiger partial charge in [0.1, 0.15) is 5.82 Å². The van der Waals surface area contributed by atoms with Gasteiger partial charge in [0.15, 0.2) is 17.2 Å². The summed E-state index contributed by atoms with van der Waals surface area (Å²) in [5.74, 6) is 1.04. The zero-order valence-corrected chi connectivity index (χ0v) is 11.2. The average Bonchev–Trinajstić information content (AvgIpc) is 2.36. The second-order valence-corrected chi connectivity index (χ2v) is 4.41. The molecular weight excluding hydrogens is 301 g/mol. The number of hydrogen-bond acceptors (Lipinski definition) is 3. The maximum absolute atomic E-state index is 13.2. The SMILES string of the molecule is COc1ccccc1Oc1cc(Br)c(F)cc1N. The molecule has 5 heteroatoms. The van der Waals surface area contributed by atoms with Gasteiger partial charge >= 0.3 is 0 Å². The number of hydrogen-bond donors (Lipinski definition) is 1. The standard InChI is InChI=1S/C13H11BrFNO2/c1-17-11-4-2-3-5-12(11)18-13-6-8(14)9(15)7-10(13)16/h2-7H,16H2,1H3. The highest BCUT2D eigenvalue weighted by Gasteiger charge is 2.10. The number of rotatable bonds is 3. The smallest absolute Gasteiger partial charge is 0.169 e. The topological polar surface area (TPSA) is 44.5 Å². The summed E-state index contributed by atoms with van der Waals surface area (Å²) in [5, 5.41) is 0. The first-order chi connectivity index (χ1) is 8.61. The molecule has 3 nitrogen and oxygen atoms in total. The monoisotopic (exact) mass is 311 g/mol. The quantitative estimate of drug-likeness (QED) is 0.872. The number of ether oxygens (including phenoxy) is 2. The first-order valence-electron chi connectivity index (χ1n) is 5.17. The lowest BCUT2D eigenvalue weighted by atomic mass is 10.3. The lowest BCUT2D eigenvalue weighted by Gasteiger charge is -2.12. The molecule has 94 valence electrons. The summed E-state index contributed by atoms with van der Waals surface area (Å²) in [5.41, 5.74) is 5.93. The molecule has 0 radical (unpaired) electrons. The van der Waals surface area contributed by atoms with Gasteiger partial charge in [0.25, 0.3) is 0 Å². The molecule has 0 saturated heterocycles. The van der Waals surface area contributed by atoms with E-state index in [0.29, 0.717) is 21.7 Å². The van der Waals surface area contributed by atoms with Gasteiger partial charge in [-0.25, -0.2) is 4.39 Å². The van der Waals surface area contributed by atoms with Crippen LogP contribution in [0.25, 0.3) is 0 Å². The van der Waals surface area contributed by atoms with E-state index in [1.807, 2.05) is 12.1 Å². The van der Waals surface area contributed by atoms with E-state index in [0.717, 1.165) is 0 Å². The van der Waals surface area contributed by atoms with Crippen LogP contribution in [0.4, 0.5) is 10.1 Å². The summed E-state index contributed by atoms with van der Waals surface area (Å²) in [4.78, 5) is 0. The Morgan fingerprint density at radius 1 is 1.11 bits per heavy atom. The summed E-state index contributed by atoms with van der Waals surface area (Å²) in [7, 11) is 1.55. The van der Waals surface area contributed by atoms with Gasteiger partial charge < -0.3 is 15.2 Å². The Labute approximate surface area is 112 Å². The second-order valence-electron chi connectivity index (χ2n) is 3.56. The molecule has 0 unspecified atom stereocenters. The second kappa shape index (κ2) is 5.27. The molecule has 0 aromatic heterocycles. The first-order valence-corrected chi connectivity index (χ1v) is 5.96. The van der Waals surface area contributed by atoms with Crippen LogP contribution >= 0.6 is 15.9 Å². The molecule has 2 rings (SSSR count). The van der Waals surface area contributed by atoms with Gasteiger partial charge in [0, 0.05) is 12.1 Å². The van der Waals surface area contributed by atoms with Crippen LogP contribution < -0.4 is 15.2 Å². The summed E-state index contributed by atoms with van der Waals surface area (Å²) in [6.45, 7) is 0. The highest BCUT2D eigenvalue weighted by molar-refractivity contribution is 9.10. The number of anilines is 1. The number of para-hydroxylation sites is 2. The largest absolute Gasteiger partial charge is 0.493 e. The zero-order chi connectivity index (χ0) is 13.1. The number of nitrogen functional groups attached to an aromatic ring is 1. The van der Waals surface area contributed by atoms with Crippen molar-refractivity contribution in [3.63, 3.8) is 0 Å². The summed E-state index contributed by atoms with van der Waals surface area (Å²) in [6.07, 6.45) is 0. The Morgan fingerprint density at radius 3 is 2.44 bits per heavy atom. The van der Waals surface area contributed by atoms with E-state index in [1.165, 1.54) is 12.1 Å². The molecular formula is C13H11BrFNO2. The molecule has 0 amide bonds.